The summed E-state index contributed by atoms with van der Waals surface area (Å²) in [6, 6.07) is 0.455. The van der Waals surface area contributed by atoms with Gasteiger partial charge >= 0.3 is 5.97 Å². The van der Waals surface area contributed by atoms with Gasteiger partial charge in [0.2, 0.25) is 0 Å². The van der Waals surface area contributed by atoms with E-state index >= 15 is 0 Å². The summed E-state index contributed by atoms with van der Waals surface area (Å²) in [6.45, 7) is 1.15. The number of aliphatic carboxylic acids is 1. The first-order valence-corrected chi connectivity index (χ1v) is 7.21. The normalized spacial score (nSPS) is 39.8. The molecule has 2 radical (unpaired) electrons. The Kier molecular flexibility index (Phi) is 4.53. The van der Waals surface area contributed by atoms with E-state index in [-0.39, 0.29) is 12.0 Å². The molecule has 2 fully saturated rings. The van der Waals surface area contributed by atoms with Crippen LogP contribution in [0.5, 0.6) is 0 Å². The summed E-state index contributed by atoms with van der Waals surface area (Å²) in [5.41, 5.74) is 11.1. The van der Waals surface area contributed by atoms with Crippen LogP contribution in [0.2, 0.25) is 6.32 Å². The topological polar surface area (TPSA) is 92.6 Å². The van der Waals surface area contributed by atoms with Crippen LogP contribution in [-0.2, 0) is 4.79 Å². The fourth-order valence-electron chi connectivity index (χ4n) is 3.61. The summed E-state index contributed by atoms with van der Waals surface area (Å²) in [4.78, 5) is 13.7. The molecular weight excluding hydrogens is 241 g/mol. The molecule has 2 aliphatic rings. The zero-order chi connectivity index (χ0) is 14.0. The van der Waals surface area contributed by atoms with E-state index in [2.05, 4.69) is 4.90 Å². The van der Waals surface area contributed by atoms with Crippen molar-refractivity contribution in [1.29, 1.82) is 0 Å². The van der Waals surface area contributed by atoms with E-state index in [1.807, 2.05) is 0 Å². The van der Waals surface area contributed by atoms with E-state index in [0.29, 0.717) is 18.9 Å². The van der Waals surface area contributed by atoms with Crippen LogP contribution in [0, 0.1) is 5.92 Å². The average Bonchev–Trinajstić information content (AvgIpc) is 2.91. The van der Waals surface area contributed by atoms with E-state index in [0.717, 1.165) is 38.6 Å². The minimum absolute atomic E-state index is 0.0265. The van der Waals surface area contributed by atoms with Gasteiger partial charge in [-0.2, -0.15) is 0 Å². The van der Waals surface area contributed by atoms with Crippen molar-refractivity contribution in [3.63, 3.8) is 0 Å². The van der Waals surface area contributed by atoms with Crippen LogP contribution in [0.15, 0.2) is 0 Å². The number of carboxylic acid groups (broad SMARTS) is 1. The third-order valence-electron chi connectivity index (χ3n) is 4.80. The molecule has 5 nitrogen and oxygen atoms in total. The maximum absolute atomic E-state index is 11.5. The van der Waals surface area contributed by atoms with Crippen molar-refractivity contribution in [2.45, 2.75) is 56.0 Å². The molecule has 0 aromatic heterocycles. The number of carbonyl (C=O) groups is 1. The SMILES string of the molecule is [B]CCC[C@H]1CN(C2CCCC2N)C[C@@]1(N)C(=O)O. The molecule has 1 heterocycles. The number of nitrogens with zero attached hydrogens (tertiary/aromatic N) is 1. The molecule has 1 aliphatic carbocycles. The molecule has 1 saturated heterocycles. The number of likely N-dealkylation sites (tertiary alicyclic amines) is 1. The predicted molar refractivity (Wildman–Crippen MR) is 75.0 cm³/mol. The lowest BCUT2D eigenvalue weighted by atomic mass is 9.83. The number of hydrogen-bond acceptors (Lipinski definition) is 4. The molecule has 0 bridgehead atoms. The summed E-state index contributed by atoms with van der Waals surface area (Å²) >= 11 is 0. The maximum Gasteiger partial charge on any atom is 0.325 e. The van der Waals surface area contributed by atoms with Crippen LogP contribution in [0.3, 0.4) is 0 Å². The number of rotatable bonds is 5. The molecule has 2 rings (SSSR count). The summed E-state index contributed by atoms with van der Waals surface area (Å²) < 4.78 is 0. The van der Waals surface area contributed by atoms with Gasteiger partial charge in [-0.15, -0.1) is 0 Å². The Morgan fingerprint density at radius 1 is 1.47 bits per heavy atom. The molecule has 4 atom stereocenters. The summed E-state index contributed by atoms with van der Waals surface area (Å²) in [6.07, 6.45) is 5.38. The van der Waals surface area contributed by atoms with Gasteiger partial charge in [-0.1, -0.05) is 19.2 Å². The second kappa shape index (κ2) is 5.81. The fourth-order valence-corrected chi connectivity index (χ4v) is 3.61. The first-order chi connectivity index (χ1) is 8.99. The van der Waals surface area contributed by atoms with E-state index in [9.17, 15) is 9.90 Å². The Hall–Kier alpha value is -0.585. The van der Waals surface area contributed by atoms with Gasteiger partial charge in [0, 0.05) is 31.1 Å². The van der Waals surface area contributed by atoms with Crippen LogP contribution in [0.4, 0.5) is 0 Å². The van der Waals surface area contributed by atoms with Crippen LogP contribution in [-0.4, -0.2) is 54.5 Å². The van der Waals surface area contributed by atoms with Crippen LogP contribution >= 0.6 is 0 Å². The molecule has 0 aromatic rings. The van der Waals surface area contributed by atoms with Crippen molar-refractivity contribution >= 4 is 13.8 Å². The maximum atomic E-state index is 11.5. The second-order valence-electron chi connectivity index (χ2n) is 6.06. The average molecular weight is 265 g/mol. The van der Waals surface area contributed by atoms with E-state index in [1.165, 1.54) is 0 Å². The predicted octanol–water partition coefficient (Wildman–Crippen LogP) is -0.0529. The summed E-state index contributed by atoms with van der Waals surface area (Å²) in [5, 5.41) is 9.45. The highest BCUT2D eigenvalue weighted by Gasteiger charge is 2.51. The van der Waals surface area contributed by atoms with Gasteiger partial charge in [0.05, 0.1) is 7.85 Å². The molecule has 6 heteroatoms. The first-order valence-electron chi connectivity index (χ1n) is 7.21. The lowest BCUT2D eigenvalue weighted by Crippen LogP contribution is -2.55. The Labute approximate surface area is 116 Å². The molecule has 0 amide bonds. The van der Waals surface area contributed by atoms with Crippen molar-refractivity contribution in [1.82, 2.24) is 4.90 Å². The Morgan fingerprint density at radius 3 is 2.74 bits per heavy atom. The molecule has 5 N–H and O–H groups in total. The van der Waals surface area contributed by atoms with E-state index in [1.54, 1.807) is 0 Å². The molecule has 1 aliphatic heterocycles. The molecule has 2 unspecified atom stereocenters. The van der Waals surface area contributed by atoms with Crippen molar-refractivity contribution < 1.29 is 9.90 Å². The largest absolute Gasteiger partial charge is 0.480 e. The summed E-state index contributed by atoms with van der Waals surface area (Å²) in [7, 11) is 5.53. The first kappa shape index (κ1) is 14.8. The highest BCUT2D eigenvalue weighted by molar-refractivity contribution is 6.08. The van der Waals surface area contributed by atoms with Gasteiger partial charge in [-0.05, 0) is 19.3 Å². The third kappa shape index (κ3) is 2.80. The van der Waals surface area contributed by atoms with Crippen LogP contribution in [0.25, 0.3) is 0 Å². The van der Waals surface area contributed by atoms with Crippen LogP contribution < -0.4 is 11.5 Å². The molecule has 0 aromatic carbocycles. The van der Waals surface area contributed by atoms with Gasteiger partial charge in [0.15, 0.2) is 0 Å². The van der Waals surface area contributed by atoms with Gasteiger partial charge in [-0.25, -0.2) is 0 Å². The summed E-state index contributed by atoms with van der Waals surface area (Å²) in [5.74, 6) is -0.926. The minimum Gasteiger partial charge on any atom is -0.480 e. The Morgan fingerprint density at radius 2 is 2.21 bits per heavy atom. The van der Waals surface area contributed by atoms with Crippen LogP contribution in [0.1, 0.15) is 32.1 Å². The minimum atomic E-state index is -1.14. The highest BCUT2D eigenvalue weighted by Crippen LogP contribution is 2.35. The van der Waals surface area contributed by atoms with E-state index < -0.39 is 11.5 Å². The van der Waals surface area contributed by atoms with Crippen molar-refractivity contribution in [3.05, 3.63) is 0 Å². The zero-order valence-electron chi connectivity index (χ0n) is 11.4. The van der Waals surface area contributed by atoms with Crippen molar-refractivity contribution in [2.75, 3.05) is 13.1 Å². The lowest BCUT2D eigenvalue weighted by molar-refractivity contribution is -0.144. The van der Waals surface area contributed by atoms with Gasteiger partial charge in [-0.3, -0.25) is 9.69 Å². The fraction of sp³-hybridized carbons (Fsp3) is 0.923. The highest BCUT2D eigenvalue weighted by atomic mass is 16.4. The molecular formula is C13H24BN3O2. The zero-order valence-corrected chi connectivity index (χ0v) is 11.4. The van der Waals surface area contributed by atoms with Gasteiger partial charge in [0.1, 0.15) is 5.54 Å². The van der Waals surface area contributed by atoms with Crippen molar-refractivity contribution in [3.8, 4) is 0 Å². The molecule has 19 heavy (non-hydrogen) atoms. The second-order valence-corrected chi connectivity index (χ2v) is 6.06. The lowest BCUT2D eigenvalue weighted by Gasteiger charge is -2.28. The van der Waals surface area contributed by atoms with Gasteiger partial charge in [0.25, 0.3) is 0 Å². The molecule has 1 saturated carbocycles. The Balaban J connectivity index is 2.08. The number of hydrogen-bond donors (Lipinski definition) is 3. The molecule has 0 spiro atoms. The number of nitrogens with two attached hydrogens (primary N) is 2. The monoisotopic (exact) mass is 265 g/mol. The quantitative estimate of drug-likeness (QED) is 0.606. The standard InChI is InChI=1S/C13H24BN3O2/c14-6-2-3-9-7-17(8-13(9,16)12(18)19)11-5-1-4-10(11)15/h9-11H,1-8,15-16H2,(H,18,19)/t9-,10?,11?,13-/m0/s1. The van der Waals surface area contributed by atoms with Crippen molar-refractivity contribution in [2.24, 2.45) is 17.4 Å². The molecule has 106 valence electrons. The number of carboxylic acids is 1. The van der Waals surface area contributed by atoms with Gasteiger partial charge < -0.3 is 16.6 Å². The third-order valence-corrected chi connectivity index (χ3v) is 4.80. The Bertz CT molecular complexity index is 342. The smallest absolute Gasteiger partial charge is 0.325 e. The van der Waals surface area contributed by atoms with E-state index in [4.69, 9.17) is 19.3 Å².